The lowest BCUT2D eigenvalue weighted by Gasteiger charge is -2.00. The number of nitro benzene ring substituents is 1. The highest BCUT2D eigenvalue weighted by Gasteiger charge is 2.23. The van der Waals surface area contributed by atoms with Gasteiger partial charge in [-0.05, 0) is 31.5 Å². The first-order valence-corrected chi connectivity index (χ1v) is 8.07. The molecule has 2 aromatic heterocycles. The Labute approximate surface area is 146 Å². The second-order valence-electron chi connectivity index (χ2n) is 5.64. The van der Waals surface area contributed by atoms with Crippen LogP contribution in [0.15, 0.2) is 29.4 Å². The molecule has 0 saturated carbocycles. The number of nitrogens with zero attached hydrogens (tertiary/aromatic N) is 5. The molecule has 9 nitrogen and oxygen atoms in total. The lowest BCUT2D eigenvalue weighted by molar-refractivity contribution is -0.384. The van der Waals surface area contributed by atoms with Crippen molar-refractivity contribution in [1.82, 2.24) is 25.1 Å². The minimum Gasteiger partial charge on any atom is -0.282 e. The SMILES string of the molecule is O=[N+]([O-])c1cccc(/C=N\n2c(-c3n[nH]c4c3CCC4)n[nH]c2=S)c1. The standard InChI is InChI=1S/C15H13N7O2S/c23-22(24)10-4-1-3-9(7-10)8-16-21-14(19-20-15(21)25)13-11-5-2-6-12(11)17-18-13/h1,3-4,7-8H,2,5-6H2,(H,17,18)(H,20,25)/b16-8-. The molecule has 0 bridgehead atoms. The molecule has 10 heteroatoms. The lowest BCUT2D eigenvalue weighted by Crippen LogP contribution is -1.97. The Morgan fingerprint density at radius 2 is 2.20 bits per heavy atom. The van der Waals surface area contributed by atoms with Gasteiger partial charge in [0.1, 0.15) is 5.69 Å². The maximum absolute atomic E-state index is 10.9. The fraction of sp³-hybridized carbons (Fsp3) is 0.200. The Hall–Kier alpha value is -3.14. The van der Waals surface area contributed by atoms with E-state index in [1.807, 2.05) is 0 Å². The van der Waals surface area contributed by atoms with Gasteiger partial charge in [0.15, 0.2) is 0 Å². The van der Waals surface area contributed by atoms with Crippen molar-refractivity contribution in [2.45, 2.75) is 19.3 Å². The average molecular weight is 355 g/mol. The van der Waals surface area contributed by atoms with Crippen molar-refractivity contribution in [2.24, 2.45) is 5.10 Å². The molecule has 1 aromatic carbocycles. The maximum atomic E-state index is 10.9. The highest BCUT2D eigenvalue weighted by Crippen LogP contribution is 2.29. The topological polar surface area (TPSA) is 118 Å². The fourth-order valence-electron chi connectivity index (χ4n) is 2.90. The summed E-state index contributed by atoms with van der Waals surface area (Å²) in [6.45, 7) is 0. The average Bonchev–Trinajstić information content (AvgIpc) is 3.29. The molecular formula is C15H13N7O2S. The van der Waals surface area contributed by atoms with Crippen LogP contribution < -0.4 is 0 Å². The number of aryl methyl sites for hydroxylation is 1. The molecule has 3 aromatic rings. The predicted molar refractivity (Wildman–Crippen MR) is 93.1 cm³/mol. The quantitative estimate of drug-likeness (QED) is 0.323. The molecule has 0 saturated heterocycles. The molecule has 0 fully saturated rings. The molecule has 0 spiro atoms. The second kappa shape index (κ2) is 6.06. The van der Waals surface area contributed by atoms with Gasteiger partial charge in [0.2, 0.25) is 10.6 Å². The van der Waals surface area contributed by atoms with Gasteiger partial charge in [0.25, 0.3) is 5.69 Å². The van der Waals surface area contributed by atoms with E-state index >= 15 is 0 Å². The van der Waals surface area contributed by atoms with E-state index in [4.69, 9.17) is 12.2 Å². The van der Waals surface area contributed by atoms with Gasteiger partial charge < -0.3 is 0 Å². The third kappa shape index (κ3) is 2.76. The summed E-state index contributed by atoms with van der Waals surface area (Å²) in [5, 5.41) is 29.5. The Morgan fingerprint density at radius 3 is 3.04 bits per heavy atom. The molecule has 4 rings (SSSR count). The minimum absolute atomic E-state index is 0.00471. The molecule has 2 N–H and O–H groups in total. The van der Waals surface area contributed by atoms with Crippen LogP contribution in [0, 0.1) is 14.9 Å². The van der Waals surface area contributed by atoms with Gasteiger partial charge in [0.05, 0.1) is 11.1 Å². The summed E-state index contributed by atoms with van der Waals surface area (Å²) >= 11 is 5.24. The first-order valence-electron chi connectivity index (χ1n) is 7.66. The second-order valence-corrected chi connectivity index (χ2v) is 6.03. The van der Waals surface area contributed by atoms with Crippen molar-refractivity contribution in [3.05, 3.63) is 56.0 Å². The number of nitro groups is 1. The number of fused-ring (bicyclic) bond motifs is 1. The van der Waals surface area contributed by atoms with Crippen LogP contribution in [-0.4, -0.2) is 36.2 Å². The van der Waals surface area contributed by atoms with Crippen molar-refractivity contribution < 1.29 is 4.92 Å². The smallest absolute Gasteiger partial charge is 0.270 e. The van der Waals surface area contributed by atoms with E-state index in [0.717, 1.165) is 36.2 Å². The first-order chi connectivity index (χ1) is 12.1. The van der Waals surface area contributed by atoms with E-state index in [-0.39, 0.29) is 5.69 Å². The monoisotopic (exact) mass is 355 g/mol. The number of hydrogen-bond donors (Lipinski definition) is 2. The molecule has 25 heavy (non-hydrogen) atoms. The van der Waals surface area contributed by atoms with E-state index < -0.39 is 4.92 Å². The summed E-state index contributed by atoms with van der Waals surface area (Å²) in [5.74, 6) is 0.520. The van der Waals surface area contributed by atoms with E-state index in [9.17, 15) is 10.1 Å². The number of hydrogen-bond acceptors (Lipinski definition) is 6. The zero-order valence-electron chi connectivity index (χ0n) is 13.0. The third-order valence-corrected chi connectivity index (χ3v) is 4.34. The van der Waals surface area contributed by atoms with Crippen LogP contribution in [0.25, 0.3) is 11.5 Å². The maximum Gasteiger partial charge on any atom is 0.270 e. The number of H-pyrrole nitrogens is 2. The summed E-state index contributed by atoms with van der Waals surface area (Å²) in [5.41, 5.74) is 3.59. The zero-order valence-corrected chi connectivity index (χ0v) is 13.8. The molecule has 0 unspecified atom stereocenters. The fourth-order valence-corrected chi connectivity index (χ4v) is 3.08. The number of nitrogens with one attached hydrogen (secondary N) is 2. The molecule has 0 atom stereocenters. The van der Waals surface area contributed by atoms with Crippen LogP contribution in [0.1, 0.15) is 23.2 Å². The number of benzene rings is 1. The molecule has 1 aliphatic rings. The highest BCUT2D eigenvalue weighted by atomic mass is 32.1. The van der Waals surface area contributed by atoms with Gasteiger partial charge in [-0.1, -0.05) is 12.1 Å². The number of rotatable bonds is 4. The van der Waals surface area contributed by atoms with Gasteiger partial charge in [-0.25, -0.2) is 5.10 Å². The minimum atomic E-state index is -0.445. The van der Waals surface area contributed by atoms with Gasteiger partial charge >= 0.3 is 0 Å². The van der Waals surface area contributed by atoms with E-state index in [2.05, 4.69) is 25.5 Å². The van der Waals surface area contributed by atoms with Crippen LogP contribution in [0.5, 0.6) is 0 Å². The molecule has 0 aliphatic heterocycles. The molecule has 1 aliphatic carbocycles. The third-order valence-electron chi connectivity index (χ3n) is 4.07. The Bertz CT molecular complexity index is 1050. The van der Waals surface area contributed by atoms with Crippen LogP contribution in [0.4, 0.5) is 5.69 Å². The van der Waals surface area contributed by atoms with Gasteiger partial charge in [-0.3, -0.25) is 15.2 Å². The largest absolute Gasteiger partial charge is 0.282 e. The lowest BCUT2D eigenvalue weighted by atomic mass is 10.2. The molecular weight excluding hydrogens is 342 g/mol. The molecule has 0 amide bonds. The molecule has 2 heterocycles. The van der Waals surface area contributed by atoms with Crippen LogP contribution in [0.3, 0.4) is 0 Å². The summed E-state index contributed by atoms with van der Waals surface area (Å²) in [4.78, 5) is 10.4. The molecule has 0 radical (unpaired) electrons. The van der Waals surface area contributed by atoms with Gasteiger partial charge in [-0.15, -0.1) is 0 Å². The van der Waals surface area contributed by atoms with E-state index in [1.165, 1.54) is 23.0 Å². The Morgan fingerprint density at radius 1 is 1.32 bits per heavy atom. The zero-order chi connectivity index (χ0) is 17.4. The molecule has 126 valence electrons. The van der Waals surface area contributed by atoms with Crippen molar-refractivity contribution in [1.29, 1.82) is 0 Å². The van der Waals surface area contributed by atoms with Crippen molar-refractivity contribution in [2.75, 3.05) is 0 Å². The highest BCUT2D eigenvalue weighted by molar-refractivity contribution is 7.71. The predicted octanol–water partition coefficient (Wildman–Crippen LogP) is 2.61. The van der Waals surface area contributed by atoms with Crippen molar-refractivity contribution in [3.63, 3.8) is 0 Å². The normalized spacial score (nSPS) is 13.4. The first kappa shape index (κ1) is 15.4. The number of aromatic amines is 2. The van der Waals surface area contributed by atoms with Crippen LogP contribution in [-0.2, 0) is 12.8 Å². The summed E-state index contributed by atoms with van der Waals surface area (Å²) in [7, 11) is 0. The van der Waals surface area contributed by atoms with Crippen LogP contribution >= 0.6 is 12.2 Å². The number of non-ortho nitro benzene ring substituents is 1. The van der Waals surface area contributed by atoms with Crippen molar-refractivity contribution in [3.8, 4) is 11.5 Å². The Balaban J connectivity index is 1.72. The summed E-state index contributed by atoms with van der Waals surface area (Å²) in [6, 6.07) is 6.21. The Kier molecular flexibility index (Phi) is 3.73. The van der Waals surface area contributed by atoms with E-state index in [0.29, 0.717) is 16.2 Å². The summed E-state index contributed by atoms with van der Waals surface area (Å²) in [6.07, 6.45) is 4.51. The summed E-state index contributed by atoms with van der Waals surface area (Å²) < 4.78 is 1.80. The van der Waals surface area contributed by atoms with Crippen molar-refractivity contribution >= 4 is 24.1 Å². The number of aromatic nitrogens is 5. The van der Waals surface area contributed by atoms with Gasteiger partial charge in [-0.2, -0.15) is 20.0 Å². The van der Waals surface area contributed by atoms with Gasteiger partial charge in [0, 0.05) is 29.0 Å². The van der Waals surface area contributed by atoms with E-state index in [1.54, 1.807) is 12.1 Å². The van der Waals surface area contributed by atoms with Crippen LogP contribution in [0.2, 0.25) is 0 Å².